The number of aliphatic carboxylic acids is 1. The van der Waals surface area contributed by atoms with E-state index in [4.69, 9.17) is 15.6 Å². The first kappa shape index (κ1) is 27.0. The van der Waals surface area contributed by atoms with Crippen LogP contribution in [0.15, 0.2) is 0 Å². The van der Waals surface area contributed by atoms with Crippen LogP contribution in [-0.4, -0.2) is 78.0 Å². The maximum atomic E-state index is 13.0. The highest BCUT2D eigenvalue weighted by atomic mass is 16.5. The summed E-state index contributed by atoms with van der Waals surface area (Å²) in [6, 6.07) is -0.234. The Hall–Kier alpha value is -1.22. The Labute approximate surface area is 193 Å². The van der Waals surface area contributed by atoms with E-state index >= 15 is 0 Å². The van der Waals surface area contributed by atoms with Crippen molar-refractivity contribution in [3.8, 4) is 0 Å². The third kappa shape index (κ3) is 8.28. The summed E-state index contributed by atoms with van der Waals surface area (Å²) in [6.07, 6.45) is 6.60. The van der Waals surface area contributed by atoms with Crippen LogP contribution < -0.4 is 11.1 Å². The molecule has 0 bridgehead atoms. The number of hydrogen-bond donors (Lipinski definition) is 4. The zero-order chi connectivity index (χ0) is 23.7. The molecule has 1 amide bonds. The summed E-state index contributed by atoms with van der Waals surface area (Å²) in [5.74, 6) is -1.77. The van der Waals surface area contributed by atoms with Crippen LogP contribution in [0.2, 0.25) is 0 Å². The van der Waals surface area contributed by atoms with Crippen LogP contribution in [0.1, 0.15) is 65.7 Å². The molecule has 0 radical (unpaired) electrons. The number of aliphatic hydroxyl groups is 1. The second-order valence-corrected chi connectivity index (χ2v) is 10.2. The fourth-order valence-electron chi connectivity index (χ4n) is 5.60. The predicted molar refractivity (Wildman–Crippen MR) is 124 cm³/mol. The van der Waals surface area contributed by atoms with Crippen molar-refractivity contribution in [1.82, 2.24) is 10.2 Å². The first-order chi connectivity index (χ1) is 15.2. The number of amides is 1. The number of rotatable bonds is 12. The molecule has 8 heteroatoms. The highest BCUT2D eigenvalue weighted by molar-refractivity contribution is 5.83. The minimum Gasteiger partial charge on any atom is -0.480 e. The number of aliphatic hydroxyl groups excluding tert-OH is 1. The van der Waals surface area contributed by atoms with E-state index < -0.39 is 30.6 Å². The van der Waals surface area contributed by atoms with E-state index in [2.05, 4.69) is 17.1 Å². The molecule has 2 unspecified atom stereocenters. The second-order valence-electron chi connectivity index (χ2n) is 10.2. The molecule has 8 nitrogen and oxygen atoms in total. The number of nitrogens with zero attached hydrogens (tertiary/aromatic N) is 1. The van der Waals surface area contributed by atoms with Crippen LogP contribution in [0, 0.1) is 23.7 Å². The normalized spacial score (nSPS) is 23.3. The van der Waals surface area contributed by atoms with Gasteiger partial charge in [0.15, 0.2) is 0 Å². The lowest BCUT2D eigenvalue weighted by Crippen LogP contribution is -2.52. The average molecular weight is 456 g/mol. The Morgan fingerprint density at radius 3 is 2.31 bits per heavy atom. The molecule has 1 saturated carbocycles. The Balaban J connectivity index is 2.17. The molecule has 5 N–H and O–H groups in total. The largest absolute Gasteiger partial charge is 0.480 e. The highest BCUT2D eigenvalue weighted by Crippen LogP contribution is 2.34. The zero-order valence-electron chi connectivity index (χ0n) is 20.2. The number of carboxylic acid groups (broad SMARTS) is 1. The maximum Gasteiger partial charge on any atom is 0.322 e. The molecular formula is C24H45N3O5. The summed E-state index contributed by atoms with van der Waals surface area (Å²) in [5, 5.41) is 23.0. The fourth-order valence-corrected chi connectivity index (χ4v) is 5.60. The molecular weight excluding hydrogens is 410 g/mol. The van der Waals surface area contributed by atoms with Gasteiger partial charge in [-0.3, -0.25) is 14.5 Å². The highest BCUT2D eigenvalue weighted by Gasteiger charge is 2.40. The number of hydrogen-bond acceptors (Lipinski definition) is 6. The number of carboxylic acids is 1. The van der Waals surface area contributed by atoms with Crippen molar-refractivity contribution in [1.29, 1.82) is 0 Å². The van der Waals surface area contributed by atoms with Gasteiger partial charge in [0.25, 0.3) is 0 Å². The van der Waals surface area contributed by atoms with Crippen molar-refractivity contribution in [2.45, 2.75) is 83.9 Å². The number of nitrogens with two attached hydrogens (primary N) is 1. The van der Waals surface area contributed by atoms with Crippen LogP contribution in [0.3, 0.4) is 0 Å². The molecule has 1 aliphatic heterocycles. The second kappa shape index (κ2) is 13.5. The fraction of sp³-hybridized carbons (Fsp3) is 0.917. The third-order valence-electron chi connectivity index (χ3n) is 7.39. The molecule has 2 rings (SSSR count). The number of morpholine rings is 1. The molecule has 2 aliphatic rings. The predicted octanol–water partition coefficient (Wildman–Crippen LogP) is 1.85. The minimum atomic E-state index is -1.08. The van der Waals surface area contributed by atoms with Crippen LogP contribution >= 0.6 is 0 Å². The Morgan fingerprint density at radius 2 is 1.75 bits per heavy atom. The Morgan fingerprint density at radius 1 is 1.12 bits per heavy atom. The average Bonchev–Trinajstić information content (AvgIpc) is 2.77. The van der Waals surface area contributed by atoms with E-state index in [0.29, 0.717) is 25.6 Å². The number of nitrogens with one attached hydrogen (secondary N) is 1. The molecule has 5 atom stereocenters. The third-order valence-corrected chi connectivity index (χ3v) is 7.39. The summed E-state index contributed by atoms with van der Waals surface area (Å²) in [4.78, 5) is 26.4. The van der Waals surface area contributed by atoms with Crippen molar-refractivity contribution in [2.24, 2.45) is 29.4 Å². The van der Waals surface area contributed by atoms with E-state index in [1.165, 1.54) is 19.3 Å². The van der Waals surface area contributed by atoms with E-state index in [1.54, 1.807) is 0 Å². The van der Waals surface area contributed by atoms with Crippen molar-refractivity contribution in [2.75, 3.05) is 32.8 Å². The first-order valence-electron chi connectivity index (χ1n) is 12.5. The molecule has 1 aliphatic carbocycles. The smallest absolute Gasteiger partial charge is 0.322 e. The quantitative estimate of drug-likeness (QED) is 0.354. The molecule has 2 fully saturated rings. The molecule has 32 heavy (non-hydrogen) atoms. The van der Waals surface area contributed by atoms with Crippen molar-refractivity contribution in [3.63, 3.8) is 0 Å². The van der Waals surface area contributed by atoms with Gasteiger partial charge in [0.2, 0.25) is 5.91 Å². The van der Waals surface area contributed by atoms with Crippen LogP contribution in [0.4, 0.5) is 0 Å². The molecule has 0 aromatic carbocycles. The number of carbonyl (C=O) groups is 2. The monoisotopic (exact) mass is 455 g/mol. The standard InChI is InChI=1S/C24H45N3O5/c1-16(2)22(24(31)26-15-21(28)29)19(13-17(3)27-9-11-32-12-10-27)23(30)20(25)14-18-7-5-4-6-8-18/h16-20,22-23,30H,4-15,25H2,1-3H3,(H,26,31)(H,28,29)/t17?,19?,20-,22-,23-/m0/s1. The molecule has 186 valence electrons. The molecule has 0 aromatic rings. The van der Waals surface area contributed by atoms with Gasteiger partial charge >= 0.3 is 5.97 Å². The summed E-state index contributed by atoms with van der Waals surface area (Å²) in [5.41, 5.74) is 6.55. The van der Waals surface area contributed by atoms with E-state index in [9.17, 15) is 14.7 Å². The van der Waals surface area contributed by atoms with Gasteiger partial charge in [-0.25, -0.2) is 0 Å². The lowest BCUT2D eigenvalue weighted by molar-refractivity contribution is -0.140. The first-order valence-corrected chi connectivity index (χ1v) is 12.5. The van der Waals surface area contributed by atoms with E-state index in [0.717, 1.165) is 32.4 Å². The SMILES string of the molecule is CC(C)[C@H](C(=O)NCC(=O)O)C(CC(C)N1CCOCC1)[C@H](O)[C@@H](N)CC1CCCCC1. The number of carbonyl (C=O) groups excluding carboxylic acids is 1. The van der Waals surface area contributed by atoms with Gasteiger partial charge in [-0.05, 0) is 37.5 Å². The molecule has 1 saturated heterocycles. The summed E-state index contributed by atoms with van der Waals surface area (Å²) >= 11 is 0. The van der Waals surface area contributed by atoms with E-state index in [1.807, 2.05) is 13.8 Å². The van der Waals surface area contributed by atoms with Crippen molar-refractivity contribution >= 4 is 11.9 Å². The topological polar surface area (TPSA) is 125 Å². The summed E-state index contributed by atoms with van der Waals surface area (Å²) < 4.78 is 5.47. The van der Waals surface area contributed by atoms with Gasteiger partial charge in [-0.1, -0.05) is 46.0 Å². The molecule has 0 spiro atoms. The van der Waals surface area contributed by atoms with Crippen molar-refractivity contribution < 1.29 is 24.5 Å². The van der Waals surface area contributed by atoms with Crippen LogP contribution in [0.5, 0.6) is 0 Å². The van der Waals surface area contributed by atoms with Gasteiger partial charge in [0, 0.05) is 31.1 Å². The maximum absolute atomic E-state index is 13.0. The lowest BCUT2D eigenvalue weighted by atomic mass is 9.72. The minimum absolute atomic E-state index is 0.0535. The van der Waals surface area contributed by atoms with Gasteiger partial charge < -0.3 is 26.0 Å². The van der Waals surface area contributed by atoms with Crippen LogP contribution in [0.25, 0.3) is 0 Å². The number of ether oxygens (including phenoxy) is 1. The Bertz CT molecular complexity index is 576. The summed E-state index contributed by atoms with van der Waals surface area (Å²) in [7, 11) is 0. The van der Waals surface area contributed by atoms with Crippen molar-refractivity contribution in [3.05, 3.63) is 0 Å². The van der Waals surface area contributed by atoms with Crippen LogP contribution in [-0.2, 0) is 14.3 Å². The van der Waals surface area contributed by atoms with E-state index in [-0.39, 0.29) is 23.8 Å². The van der Waals surface area contributed by atoms with Gasteiger partial charge in [-0.15, -0.1) is 0 Å². The summed E-state index contributed by atoms with van der Waals surface area (Å²) in [6.45, 7) is 8.65. The van der Waals surface area contributed by atoms with Gasteiger partial charge in [0.05, 0.1) is 19.3 Å². The molecule has 1 heterocycles. The van der Waals surface area contributed by atoms with Gasteiger partial charge in [0.1, 0.15) is 6.54 Å². The lowest BCUT2D eigenvalue weighted by Gasteiger charge is -2.40. The van der Waals surface area contributed by atoms with Gasteiger partial charge in [-0.2, -0.15) is 0 Å². The zero-order valence-corrected chi connectivity index (χ0v) is 20.2. The molecule has 0 aromatic heterocycles. The Kier molecular flexibility index (Phi) is 11.4.